The molecular weight excluding hydrogens is 371 g/mol. The van der Waals surface area contributed by atoms with Crippen LogP contribution in [0.15, 0.2) is 36.4 Å². The number of halogens is 2. The summed E-state index contributed by atoms with van der Waals surface area (Å²) in [7, 11) is 0. The number of rotatable bonds is 6. The smallest absolute Gasteiger partial charge is 0.311 e. The summed E-state index contributed by atoms with van der Waals surface area (Å²) in [6.07, 6.45) is -0.579. The molecule has 0 aromatic heterocycles. The van der Waals surface area contributed by atoms with E-state index in [1.165, 1.54) is 31.2 Å². The van der Waals surface area contributed by atoms with Crippen molar-refractivity contribution in [3.63, 3.8) is 0 Å². The largest absolute Gasteiger partial charge is 0.474 e. The second kappa shape index (κ2) is 7.96. The Hall–Kier alpha value is -2.64. The zero-order chi connectivity index (χ0) is 18.6. The first-order chi connectivity index (χ1) is 11.8. The molecule has 1 amide bonds. The molecule has 0 aliphatic rings. The lowest BCUT2D eigenvalue weighted by molar-refractivity contribution is -0.386. The number of amides is 1. The fraction of sp³-hybridized carbons (Fsp3) is 0.125. The van der Waals surface area contributed by atoms with Gasteiger partial charge in [0.25, 0.3) is 5.91 Å². The average Bonchev–Trinajstić information content (AvgIpc) is 2.58. The van der Waals surface area contributed by atoms with E-state index in [2.05, 4.69) is 5.32 Å². The van der Waals surface area contributed by atoms with Gasteiger partial charge in [0.15, 0.2) is 11.9 Å². The third-order valence-electron chi connectivity index (χ3n) is 3.18. The van der Waals surface area contributed by atoms with Gasteiger partial charge in [-0.25, -0.2) is 0 Å². The Bertz CT molecular complexity index is 841. The van der Waals surface area contributed by atoms with Gasteiger partial charge in [0, 0.05) is 16.7 Å². The Balaban J connectivity index is 2.17. The molecule has 0 spiro atoms. The van der Waals surface area contributed by atoms with Gasteiger partial charge < -0.3 is 10.1 Å². The standard InChI is InChI=1S/C16H12Cl2N2O5/c1-9(16(22)19-13-7-11(17)3-4-12(13)18)25-15-5-2-10(8-21)6-14(15)20(23)24/h2-9H,1H3,(H,19,22)/t9-/m0/s1. The van der Waals surface area contributed by atoms with E-state index in [4.69, 9.17) is 27.9 Å². The predicted molar refractivity (Wildman–Crippen MR) is 93.7 cm³/mol. The predicted octanol–water partition coefficient (Wildman–Crippen LogP) is 4.12. The highest BCUT2D eigenvalue weighted by atomic mass is 35.5. The van der Waals surface area contributed by atoms with Crippen LogP contribution in [0.1, 0.15) is 17.3 Å². The molecule has 2 rings (SSSR count). The number of aldehydes is 1. The van der Waals surface area contributed by atoms with Crippen molar-refractivity contribution in [1.82, 2.24) is 0 Å². The molecular formula is C16H12Cl2N2O5. The molecule has 0 fully saturated rings. The molecule has 0 aliphatic heterocycles. The molecule has 0 saturated heterocycles. The van der Waals surface area contributed by atoms with E-state index in [9.17, 15) is 19.7 Å². The molecule has 1 atom stereocenters. The summed E-state index contributed by atoms with van der Waals surface area (Å²) in [5, 5.41) is 14.3. The number of ether oxygens (including phenoxy) is 1. The van der Waals surface area contributed by atoms with Crippen LogP contribution >= 0.6 is 23.2 Å². The van der Waals surface area contributed by atoms with Crippen molar-refractivity contribution in [2.45, 2.75) is 13.0 Å². The molecule has 0 radical (unpaired) electrons. The lowest BCUT2D eigenvalue weighted by atomic mass is 10.2. The second-order valence-corrected chi connectivity index (χ2v) is 5.82. The molecule has 0 heterocycles. The Morgan fingerprint density at radius 1 is 1.28 bits per heavy atom. The first kappa shape index (κ1) is 18.7. The third kappa shape index (κ3) is 4.68. The minimum Gasteiger partial charge on any atom is -0.474 e. The number of anilines is 1. The van der Waals surface area contributed by atoms with E-state index < -0.39 is 22.6 Å². The number of nitro benzene ring substituents is 1. The molecule has 0 unspecified atom stereocenters. The second-order valence-electron chi connectivity index (χ2n) is 4.98. The highest BCUT2D eigenvalue weighted by Gasteiger charge is 2.22. The average molecular weight is 383 g/mol. The van der Waals surface area contributed by atoms with Crippen LogP contribution in [0.5, 0.6) is 5.75 Å². The number of nitrogens with one attached hydrogen (secondary N) is 1. The monoisotopic (exact) mass is 382 g/mol. The number of nitro groups is 1. The maximum atomic E-state index is 12.2. The van der Waals surface area contributed by atoms with Crippen LogP contribution in [-0.2, 0) is 4.79 Å². The number of hydrogen-bond acceptors (Lipinski definition) is 5. The molecule has 2 aromatic rings. The van der Waals surface area contributed by atoms with Crippen molar-refractivity contribution in [2.75, 3.05) is 5.32 Å². The highest BCUT2D eigenvalue weighted by molar-refractivity contribution is 6.35. The summed E-state index contributed by atoms with van der Waals surface area (Å²) in [6, 6.07) is 8.24. The summed E-state index contributed by atoms with van der Waals surface area (Å²) >= 11 is 11.8. The first-order valence-corrected chi connectivity index (χ1v) is 7.73. The van der Waals surface area contributed by atoms with Crippen LogP contribution in [0.25, 0.3) is 0 Å². The number of nitrogens with zero attached hydrogens (tertiary/aromatic N) is 1. The number of carbonyl (C=O) groups is 2. The van der Waals surface area contributed by atoms with E-state index in [1.807, 2.05) is 0 Å². The SMILES string of the molecule is C[C@H](Oc1ccc(C=O)cc1[N+](=O)[O-])C(=O)Nc1cc(Cl)ccc1Cl. The summed E-state index contributed by atoms with van der Waals surface area (Å²) in [4.78, 5) is 33.4. The van der Waals surface area contributed by atoms with Crippen molar-refractivity contribution in [1.29, 1.82) is 0 Å². The van der Waals surface area contributed by atoms with Gasteiger partial charge in [-0.1, -0.05) is 23.2 Å². The number of hydrogen-bond donors (Lipinski definition) is 1. The van der Waals surface area contributed by atoms with Crippen molar-refractivity contribution in [3.05, 3.63) is 62.1 Å². The first-order valence-electron chi connectivity index (χ1n) is 6.98. The van der Waals surface area contributed by atoms with Gasteiger partial charge in [0.05, 0.1) is 15.6 Å². The molecule has 25 heavy (non-hydrogen) atoms. The van der Waals surface area contributed by atoms with Gasteiger partial charge in [-0.15, -0.1) is 0 Å². The maximum absolute atomic E-state index is 12.2. The minimum absolute atomic E-state index is 0.127. The van der Waals surface area contributed by atoms with Gasteiger partial charge in [-0.3, -0.25) is 19.7 Å². The van der Waals surface area contributed by atoms with Crippen LogP contribution in [0.4, 0.5) is 11.4 Å². The van der Waals surface area contributed by atoms with E-state index in [0.29, 0.717) is 17.0 Å². The Kier molecular flexibility index (Phi) is 5.95. The lowest BCUT2D eigenvalue weighted by Crippen LogP contribution is -2.30. The summed E-state index contributed by atoms with van der Waals surface area (Å²) < 4.78 is 5.36. The van der Waals surface area contributed by atoms with Gasteiger partial charge >= 0.3 is 5.69 Å². The van der Waals surface area contributed by atoms with E-state index >= 15 is 0 Å². The third-order valence-corrected chi connectivity index (χ3v) is 3.74. The molecule has 7 nitrogen and oxygen atoms in total. The zero-order valence-electron chi connectivity index (χ0n) is 12.9. The summed E-state index contributed by atoms with van der Waals surface area (Å²) in [5.74, 6) is -0.701. The van der Waals surface area contributed by atoms with Gasteiger partial charge in [0.2, 0.25) is 0 Å². The van der Waals surface area contributed by atoms with Crippen LogP contribution in [0, 0.1) is 10.1 Å². The molecule has 9 heteroatoms. The number of benzene rings is 2. The summed E-state index contributed by atoms with van der Waals surface area (Å²) in [5.41, 5.74) is 0.00678. The zero-order valence-corrected chi connectivity index (χ0v) is 14.4. The number of carbonyl (C=O) groups excluding carboxylic acids is 2. The molecule has 0 saturated carbocycles. The van der Waals surface area contributed by atoms with Crippen molar-refractivity contribution in [2.24, 2.45) is 0 Å². The van der Waals surface area contributed by atoms with Crippen LogP contribution in [0.2, 0.25) is 10.0 Å². The quantitative estimate of drug-likeness (QED) is 0.460. The van der Waals surface area contributed by atoms with Gasteiger partial charge in [0.1, 0.15) is 6.29 Å². The lowest BCUT2D eigenvalue weighted by Gasteiger charge is -2.15. The van der Waals surface area contributed by atoms with Crippen molar-refractivity contribution in [3.8, 4) is 5.75 Å². The van der Waals surface area contributed by atoms with Crippen molar-refractivity contribution >= 4 is 46.8 Å². The normalized spacial score (nSPS) is 11.5. The van der Waals surface area contributed by atoms with Gasteiger partial charge in [-0.05, 0) is 37.3 Å². The topological polar surface area (TPSA) is 98.5 Å². The fourth-order valence-corrected chi connectivity index (χ4v) is 2.26. The molecule has 130 valence electrons. The van der Waals surface area contributed by atoms with Crippen LogP contribution in [0.3, 0.4) is 0 Å². The van der Waals surface area contributed by atoms with E-state index in [-0.39, 0.29) is 16.3 Å². The maximum Gasteiger partial charge on any atom is 0.311 e. The molecule has 1 N–H and O–H groups in total. The molecule has 0 aliphatic carbocycles. The van der Waals surface area contributed by atoms with Gasteiger partial charge in [-0.2, -0.15) is 0 Å². The molecule has 0 bridgehead atoms. The van der Waals surface area contributed by atoms with Crippen LogP contribution in [-0.4, -0.2) is 23.2 Å². The van der Waals surface area contributed by atoms with Crippen molar-refractivity contribution < 1.29 is 19.2 Å². The fourth-order valence-electron chi connectivity index (χ4n) is 1.92. The molecule has 2 aromatic carbocycles. The van der Waals surface area contributed by atoms with Crippen LogP contribution < -0.4 is 10.1 Å². The van der Waals surface area contributed by atoms with E-state index in [0.717, 1.165) is 6.07 Å². The van der Waals surface area contributed by atoms with E-state index in [1.54, 1.807) is 6.07 Å². The Morgan fingerprint density at radius 2 is 2.00 bits per heavy atom. The Labute approximate surface area is 152 Å². The summed E-state index contributed by atoms with van der Waals surface area (Å²) in [6.45, 7) is 1.42. The minimum atomic E-state index is -1.06. The highest BCUT2D eigenvalue weighted by Crippen LogP contribution is 2.29. The Morgan fingerprint density at radius 3 is 2.64 bits per heavy atom.